The lowest BCUT2D eigenvalue weighted by Crippen LogP contribution is -2.28. The third kappa shape index (κ3) is 5.06. The van der Waals surface area contributed by atoms with E-state index in [1.165, 1.54) is 31.5 Å². The lowest BCUT2D eigenvalue weighted by atomic mass is 10.1. The Bertz CT molecular complexity index is 655. The predicted molar refractivity (Wildman–Crippen MR) is 92.5 cm³/mol. The summed E-state index contributed by atoms with van der Waals surface area (Å²) in [5.41, 5.74) is 2.41. The number of hydrogen-bond donors (Lipinski definition) is 1. The molecule has 1 saturated heterocycles. The van der Waals surface area contributed by atoms with Crippen molar-refractivity contribution in [2.24, 2.45) is 0 Å². The molecular weight excluding hydrogens is 302 g/mol. The van der Waals surface area contributed by atoms with Gasteiger partial charge in [0.05, 0.1) is 6.20 Å². The average Bonchev–Trinajstić information content (AvgIpc) is 3.12. The third-order valence-corrected chi connectivity index (χ3v) is 4.09. The standard InChI is InChI=1S/C19H23N3O2/c23-19(15-24-18-7-4-8-20-13-18)21-12-16-5-3-6-17(11-16)14-22-9-1-2-10-22/h3-8,11,13H,1-2,9-10,12,14-15H2,(H,21,23). The van der Waals surface area contributed by atoms with Crippen LogP contribution in [0.15, 0.2) is 48.8 Å². The first-order valence-electron chi connectivity index (χ1n) is 8.39. The van der Waals surface area contributed by atoms with Crippen molar-refractivity contribution in [2.75, 3.05) is 19.7 Å². The highest BCUT2D eigenvalue weighted by atomic mass is 16.5. The molecule has 3 rings (SSSR count). The first-order chi connectivity index (χ1) is 11.8. The number of ether oxygens (including phenoxy) is 1. The highest BCUT2D eigenvalue weighted by Crippen LogP contribution is 2.14. The Hall–Kier alpha value is -2.40. The van der Waals surface area contributed by atoms with E-state index in [1.54, 1.807) is 24.5 Å². The number of carbonyl (C=O) groups is 1. The smallest absolute Gasteiger partial charge is 0.258 e. The molecule has 0 saturated carbocycles. The average molecular weight is 325 g/mol. The van der Waals surface area contributed by atoms with Crippen LogP contribution in [0.3, 0.4) is 0 Å². The first kappa shape index (κ1) is 16.5. The molecule has 0 spiro atoms. The number of nitrogens with zero attached hydrogens (tertiary/aromatic N) is 2. The van der Waals surface area contributed by atoms with Gasteiger partial charge in [0.1, 0.15) is 5.75 Å². The minimum Gasteiger partial charge on any atom is -0.482 e. The maximum atomic E-state index is 11.9. The van der Waals surface area contributed by atoms with E-state index >= 15 is 0 Å². The Morgan fingerprint density at radius 1 is 1.17 bits per heavy atom. The predicted octanol–water partition coefficient (Wildman–Crippen LogP) is 2.37. The summed E-state index contributed by atoms with van der Waals surface area (Å²) >= 11 is 0. The molecule has 5 heteroatoms. The van der Waals surface area contributed by atoms with Gasteiger partial charge in [-0.2, -0.15) is 0 Å². The molecule has 0 radical (unpaired) electrons. The van der Waals surface area contributed by atoms with Gasteiger partial charge >= 0.3 is 0 Å². The zero-order valence-electron chi connectivity index (χ0n) is 13.8. The molecule has 0 aliphatic carbocycles. The summed E-state index contributed by atoms with van der Waals surface area (Å²) in [6.45, 7) is 3.88. The molecule has 5 nitrogen and oxygen atoms in total. The lowest BCUT2D eigenvalue weighted by Gasteiger charge is -2.15. The van der Waals surface area contributed by atoms with Gasteiger partial charge in [0.15, 0.2) is 6.61 Å². The van der Waals surface area contributed by atoms with Crippen LogP contribution in [0.2, 0.25) is 0 Å². The maximum Gasteiger partial charge on any atom is 0.258 e. The fourth-order valence-electron chi connectivity index (χ4n) is 2.87. The summed E-state index contributed by atoms with van der Waals surface area (Å²) in [5, 5.41) is 2.89. The molecule has 0 bridgehead atoms. The second-order valence-corrected chi connectivity index (χ2v) is 6.06. The van der Waals surface area contributed by atoms with Crippen LogP contribution in [0.4, 0.5) is 0 Å². The van der Waals surface area contributed by atoms with Crippen LogP contribution in [0.1, 0.15) is 24.0 Å². The quantitative estimate of drug-likeness (QED) is 0.849. The van der Waals surface area contributed by atoms with Gasteiger partial charge in [-0.1, -0.05) is 24.3 Å². The normalized spacial score (nSPS) is 14.5. The summed E-state index contributed by atoms with van der Waals surface area (Å²) in [5.74, 6) is 0.462. The molecule has 1 amide bonds. The molecule has 1 aromatic heterocycles. The number of nitrogens with one attached hydrogen (secondary N) is 1. The van der Waals surface area contributed by atoms with E-state index in [2.05, 4.69) is 33.4 Å². The number of benzene rings is 1. The van der Waals surface area contributed by atoms with E-state index in [1.807, 2.05) is 6.07 Å². The summed E-state index contributed by atoms with van der Waals surface area (Å²) in [7, 11) is 0. The van der Waals surface area contributed by atoms with Crippen molar-refractivity contribution >= 4 is 5.91 Å². The van der Waals surface area contributed by atoms with Crippen molar-refractivity contribution in [2.45, 2.75) is 25.9 Å². The summed E-state index contributed by atoms with van der Waals surface area (Å²) < 4.78 is 5.39. The lowest BCUT2D eigenvalue weighted by molar-refractivity contribution is -0.123. The second kappa shape index (κ2) is 8.45. The van der Waals surface area contributed by atoms with Crippen molar-refractivity contribution in [1.29, 1.82) is 0 Å². The zero-order chi connectivity index (χ0) is 16.6. The number of amides is 1. The number of aromatic nitrogens is 1. The van der Waals surface area contributed by atoms with Crippen molar-refractivity contribution < 1.29 is 9.53 Å². The molecular formula is C19H23N3O2. The van der Waals surface area contributed by atoms with Gasteiger partial charge in [-0.05, 0) is 49.2 Å². The van der Waals surface area contributed by atoms with E-state index in [-0.39, 0.29) is 12.5 Å². The number of rotatable bonds is 7. The molecule has 24 heavy (non-hydrogen) atoms. The minimum atomic E-state index is -0.135. The van der Waals surface area contributed by atoms with Crippen molar-refractivity contribution in [3.63, 3.8) is 0 Å². The van der Waals surface area contributed by atoms with E-state index in [4.69, 9.17) is 4.74 Å². The van der Waals surface area contributed by atoms with E-state index < -0.39 is 0 Å². The van der Waals surface area contributed by atoms with Crippen molar-refractivity contribution in [3.05, 3.63) is 59.9 Å². The molecule has 0 atom stereocenters. The van der Waals surface area contributed by atoms with Gasteiger partial charge < -0.3 is 10.1 Å². The molecule has 126 valence electrons. The summed E-state index contributed by atoms with van der Waals surface area (Å²) in [6, 6.07) is 12.0. The highest BCUT2D eigenvalue weighted by Gasteiger charge is 2.11. The van der Waals surface area contributed by atoms with Crippen LogP contribution in [-0.4, -0.2) is 35.5 Å². The Morgan fingerprint density at radius 3 is 2.79 bits per heavy atom. The number of carbonyl (C=O) groups excluding carboxylic acids is 1. The second-order valence-electron chi connectivity index (χ2n) is 6.06. The fourth-order valence-corrected chi connectivity index (χ4v) is 2.87. The fraction of sp³-hybridized carbons (Fsp3) is 0.368. The van der Waals surface area contributed by atoms with Crippen LogP contribution in [-0.2, 0) is 17.9 Å². The van der Waals surface area contributed by atoms with Crippen LogP contribution < -0.4 is 10.1 Å². The van der Waals surface area contributed by atoms with Crippen LogP contribution in [0, 0.1) is 0 Å². The monoisotopic (exact) mass is 325 g/mol. The van der Waals surface area contributed by atoms with Crippen LogP contribution in [0.25, 0.3) is 0 Å². The maximum absolute atomic E-state index is 11.9. The molecule has 1 aliphatic rings. The van der Waals surface area contributed by atoms with E-state index in [0.717, 1.165) is 12.1 Å². The first-order valence-corrected chi connectivity index (χ1v) is 8.39. The zero-order valence-corrected chi connectivity index (χ0v) is 13.8. The molecule has 1 aliphatic heterocycles. The minimum absolute atomic E-state index is 0.000832. The van der Waals surface area contributed by atoms with Crippen LogP contribution in [0.5, 0.6) is 5.75 Å². The number of hydrogen-bond acceptors (Lipinski definition) is 4. The SMILES string of the molecule is O=C(COc1cccnc1)NCc1cccc(CN2CCCC2)c1. The topological polar surface area (TPSA) is 54.5 Å². The summed E-state index contributed by atoms with van der Waals surface area (Å²) in [6.07, 6.45) is 5.86. The number of likely N-dealkylation sites (tertiary alicyclic amines) is 1. The Balaban J connectivity index is 1.44. The van der Waals surface area contributed by atoms with Crippen molar-refractivity contribution in [3.8, 4) is 5.75 Å². The summed E-state index contributed by atoms with van der Waals surface area (Å²) in [4.78, 5) is 18.3. The molecule has 1 aromatic carbocycles. The molecule has 2 aromatic rings. The van der Waals surface area contributed by atoms with Gasteiger partial charge in [-0.3, -0.25) is 14.7 Å². The van der Waals surface area contributed by atoms with Gasteiger partial charge in [0, 0.05) is 19.3 Å². The Labute approximate surface area is 142 Å². The van der Waals surface area contributed by atoms with Gasteiger partial charge in [0.25, 0.3) is 5.91 Å². The molecule has 1 N–H and O–H groups in total. The van der Waals surface area contributed by atoms with Gasteiger partial charge in [-0.15, -0.1) is 0 Å². The number of pyridine rings is 1. The third-order valence-electron chi connectivity index (χ3n) is 4.09. The molecule has 2 heterocycles. The van der Waals surface area contributed by atoms with E-state index in [9.17, 15) is 4.79 Å². The molecule has 0 unspecified atom stereocenters. The largest absolute Gasteiger partial charge is 0.482 e. The molecule has 1 fully saturated rings. The van der Waals surface area contributed by atoms with Gasteiger partial charge in [-0.25, -0.2) is 0 Å². The Kier molecular flexibility index (Phi) is 5.80. The Morgan fingerprint density at radius 2 is 2.00 bits per heavy atom. The highest BCUT2D eigenvalue weighted by molar-refractivity contribution is 5.77. The van der Waals surface area contributed by atoms with E-state index in [0.29, 0.717) is 12.3 Å². The van der Waals surface area contributed by atoms with Crippen LogP contribution >= 0.6 is 0 Å². The van der Waals surface area contributed by atoms with Gasteiger partial charge in [0.2, 0.25) is 0 Å². The van der Waals surface area contributed by atoms with Crippen molar-refractivity contribution in [1.82, 2.24) is 15.2 Å².